The first-order valence-electron chi connectivity index (χ1n) is 14.8. The summed E-state index contributed by atoms with van der Waals surface area (Å²) in [6.07, 6.45) is -4.97. The molecule has 2 rings (SSSR count). The molecule has 1 aromatic carbocycles. The number of carbonyl (C=O) groups excluding carboxylic acids is 3. The molecule has 1 aliphatic heterocycles. The number of hydrogen-bond acceptors (Lipinski definition) is 6. The van der Waals surface area contributed by atoms with Gasteiger partial charge in [-0.3, -0.25) is 9.59 Å². The lowest BCUT2D eigenvalue weighted by Crippen LogP contribution is -2.49. The lowest BCUT2D eigenvalue weighted by Gasteiger charge is -2.36. The number of urea groups is 1. The van der Waals surface area contributed by atoms with E-state index in [0.717, 1.165) is 12.8 Å². The highest BCUT2D eigenvalue weighted by Crippen LogP contribution is 2.29. The third kappa shape index (κ3) is 12.2. The van der Waals surface area contributed by atoms with E-state index in [4.69, 9.17) is 9.47 Å². The second-order valence-electron chi connectivity index (χ2n) is 11.7. The highest BCUT2D eigenvalue weighted by Gasteiger charge is 2.31. The summed E-state index contributed by atoms with van der Waals surface area (Å²) >= 11 is 0. The molecule has 0 aliphatic carbocycles. The Hall–Kier alpha value is -3.06. The second-order valence-corrected chi connectivity index (χ2v) is 11.7. The van der Waals surface area contributed by atoms with Gasteiger partial charge >= 0.3 is 12.2 Å². The molecule has 1 aromatic rings. The van der Waals surface area contributed by atoms with Crippen LogP contribution in [0.25, 0.3) is 0 Å². The van der Waals surface area contributed by atoms with E-state index in [1.807, 2.05) is 27.7 Å². The van der Waals surface area contributed by atoms with Gasteiger partial charge in [-0.05, 0) is 65.2 Å². The second kappa shape index (κ2) is 16.7. The Morgan fingerprint density at radius 1 is 1.19 bits per heavy atom. The molecule has 0 saturated heterocycles. The van der Waals surface area contributed by atoms with Crippen molar-refractivity contribution in [2.24, 2.45) is 5.92 Å². The zero-order valence-electron chi connectivity index (χ0n) is 26.0. The van der Waals surface area contributed by atoms with E-state index in [-0.39, 0.29) is 60.8 Å². The van der Waals surface area contributed by atoms with Crippen LogP contribution in [0.2, 0.25) is 0 Å². The first-order chi connectivity index (χ1) is 20.1. The summed E-state index contributed by atoms with van der Waals surface area (Å²) in [6, 6.07) is 3.50. The fraction of sp³-hybridized carbons (Fsp3) is 0.700. The minimum Gasteiger partial charge on any atom is -0.490 e. The Kier molecular flexibility index (Phi) is 14.0. The highest BCUT2D eigenvalue weighted by atomic mass is 19.4. The maximum Gasteiger partial charge on any atom is 0.389 e. The fourth-order valence-electron chi connectivity index (χ4n) is 4.65. The van der Waals surface area contributed by atoms with Crippen LogP contribution in [-0.4, -0.2) is 96.6 Å². The van der Waals surface area contributed by atoms with Crippen molar-refractivity contribution in [2.45, 2.75) is 97.2 Å². The summed E-state index contributed by atoms with van der Waals surface area (Å²) < 4.78 is 50.2. The van der Waals surface area contributed by atoms with Gasteiger partial charge in [0, 0.05) is 50.8 Å². The Bertz CT molecular complexity index is 1070. The number of halogens is 3. The standard InChI is InChI=1S/C30H47F3N4O6/c1-19(2)34-29(41)36(6)17-26-20(3)16-37(21(4)18-38)28(40)24-15-23(35-27(39)12-13-30(31,32)33)10-11-25(24)43-22(5)9-7-8-14-42-26/h10-11,15,19-22,26,38H,7-9,12-14,16-18H2,1-6H3,(H,34,41)(H,35,39)/t20-,21-,22+,26+/m1/s1. The molecule has 0 saturated carbocycles. The third-order valence-corrected chi connectivity index (χ3v) is 7.18. The summed E-state index contributed by atoms with van der Waals surface area (Å²) in [7, 11) is 1.68. The molecule has 0 radical (unpaired) electrons. The van der Waals surface area contributed by atoms with Gasteiger partial charge in [-0.15, -0.1) is 0 Å². The minimum atomic E-state index is -4.47. The molecule has 1 heterocycles. The van der Waals surface area contributed by atoms with Crippen molar-refractivity contribution < 1.29 is 42.1 Å². The van der Waals surface area contributed by atoms with Gasteiger partial charge in [0.05, 0.1) is 36.8 Å². The third-order valence-electron chi connectivity index (χ3n) is 7.18. The lowest BCUT2D eigenvalue weighted by molar-refractivity contribution is -0.142. The molecule has 0 bridgehead atoms. The first-order valence-corrected chi connectivity index (χ1v) is 14.8. The summed E-state index contributed by atoms with van der Waals surface area (Å²) in [6.45, 7) is 9.78. The number of likely N-dealkylation sites (N-methyl/N-ethyl adjacent to an activating group) is 1. The van der Waals surface area contributed by atoms with E-state index >= 15 is 0 Å². The molecule has 3 N–H and O–H groups in total. The number of anilines is 1. The average molecular weight is 617 g/mol. The van der Waals surface area contributed by atoms with Crippen molar-refractivity contribution in [3.05, 3.63) is 23.8 Å². The number of amides is 4. The van der Waals surface area contributed by atoms with Crippen LogP contribution in [0.1, 0.15) is 77.1 Å². The molecule has 0 spiro atoms. The molecule has 10 nitrogen and oxygen atoms in total. The minimum absolute atomic E-state index is 0.0422. The van der Waals surface area contributed by atoms with Crippen LogP contribution in [0.4, 0.5) is 23.7 Å². The van der Waals surface area contributed by atoms with E-state index in [2.05, 4.69) is 10.6 Å². The fourth-order valence-corrected chi connectivity index (χ4v) is 4.65. The summed E-state index contributed by atoms with van der Waals surface area (Å²) in [5.74, 6) is -1.31. The van der Waals surface area contributed by atoms with E-state index in [0.29, 0.717) is 13.0 Å². The first kappa shape index (κ1) is 36.1. The monoisotopic (exact) mass is 616 g/mol. The van der Waals surface area contributed by atoms with Crippen LogP contribution >= 0.6 is 0 Å². The summed E-state index contributed by atoms with van der Waals surface area (Å²) in [5, 5.41) is 15.4. The molecular weight excluding hydrogens is 569 g/mol. The number of alkyl halides is 3. The van der Waals surface area contributed by atoms with Gasteiger partial charge < -0.3 is 35.0 Å². The van der Waals surface area contributed by atoms with Gasteiger partial charge in [0.1, 0.15) is 5.75 Å². The van der Waals surface area contributed by atoms with E-state index in [1.165, 1.54) is 23.1 Å². The maximum absolute atomic E-state index is 14.1. The predicted octanol–water partition coefficient (Wildman–Crippen LogP) is 4.81. The number of ether oxygens (including phenoxy) is 2. The molecule has 0 unspecified atom stereocenters. The van der Waals surface area contributed by atoms with Crippen molar-refractivity contribution in [3.8, 4) is 5.75 Å². The number of hydrogen-bond donors (Lipinski definition) is 3. The topological polar surface area (TPSA) is 120 Å². The Morgan fingerprint density at radius 3 is 2.51 bits per heavy atom. The number of carbonyl (C=O) groups is 3. The van der Waals surface area contributed by atoms with E-state index in [9.17, 15) is 32.7 Å². The zero-order valence-corrected chi connectivity index (χ0v) is 26.0. The molecule has 0 fully saturated rings. The van der Waals surface area contributed by atoms with Crippen molar-refractivity contribution in [2.75, 3.05) is 38.7 Å². The lowest BCUT2D eigenvalue weighted by atomic mass is 10.0. The van der Waals surface area contributed by atoms with Crippen LogP contribution in [0, 0.1) is 5.92 Å². The number of nitrogens with zero attached hydrogens (tertiary/aromatic N) is 2. The molecule has 0 aromatic heterocycles. The average Bonchev–Trinajstić information content (AvgIpc) is 2.92. The highest BCUT2D eigenvalue weighted by molar-refractivity contribution is 5.99. The number of rotatable bonds is 8. The van der Waals surface area contributed by atoms with Crippen LogP contribution in [0.5, 0.6) is 5.75 Å². The molecule has 4 atom stereocenters. The Balaban J connectivity index is 2.42. The molecule has 13 heteroatoms. The number of nitrogens with one attached hydrogen (secondary N) is 2. The molecular formula is C30H47F3N4O6. The smallest absolute Gasteiger partial charge is 0.389 e. The van der Waals surface area contributed by atoms with E-state index in [1.54, 1.807) is 18.9 Å². The number of fused-ring (bicyclic) bond motifs is 1. The van der Waals surface area contributed by atoms with Gasteiger partial charge in [0.25, 0.3) is 5.91 Å². The van der Waals surface area contributed by atoms with Gasteiger partial charge in [-0.2, -0.15) is 13.2 Å². The normalized spacial score (nSPS) is 21.3. The van der Waals surface area contributed by atoms with Gasteiger partial charge in [-0.1, -0.05) is 6.92 Å². The number of benzene rings is 1. The van der Waals surface area contributed by atoms with Gasteiger partial charge in [0.15, 0.2) is 0 Å². The largest absolute Gasteiger partial charge is 0.490 e. The maximum atomic E-state index is 14.1. The quantitative estimate of drug-likeness (QED) is 0.386. The number of aliphatic hydroxyl groups is 1. The van der Waals surface area contributed by atoms with Gasteiger partial charge in [0.2, 0.25) is 5.91 Å². The molecule has 244 valence electrons. The Morgan fingerprint density at radius 2 is 1.88 bits per heavy atom. The molecule has 4 amide bonds. The molecule has 43 heavy (non-hydrogen) atoms. The van der Waals surface area contributed by atoms with Crippen molar-refractivity contribution >= 4 is 23.5 Å². The van der Waals surface area contributed by atoms with Crippen LogP contribution in [0.15, 0.2) is 18.2 Å². The van der Waals surface area contributed by atoms with Crippen molar-refractivity contribution in [1.82, 2.24) is 15.1 Å². The zero-order chi connectivity index (χ0) is 32.3. The van der Waals surface area contributed by atoms with Crippen LogP contribution in [-0.2, 0) is 9.53 Å². The van der Waals surface area contributed by atoms with Gasteiger partial charge in [-0.25, -0.2) is 4.79 Å². The van der Waals surface area contributed by atoms with Crippen molar-refractivity contribution in [3.63, 3.8) is 0 Å². The van der Waals surface area contributed by atoms with Crippen LogP contribution in [0.3, 0.4) is 0 Å². The van der Waals surface area contributed by atoms with Crippen molar-refractivity contribution in [1.29, 1.82) is 0 Å². The Labute approximate surface area is 252 Å². The predicted molar refractivity (Wildman–Crippen MR) is 157 cm³/mol. The number of aliphatic hydroxyl groups excluding tert-OH is 1. The summed E-state index contributed by atoms with van der Waals surface area (Å²) in [5.41, 5.74) is 0.260. The van der Waals surface area contributed by atoms with Crippen LogP contribution < -0.4 is 15.4 Å². The molecule has 1 aliphatic rings. The SMILES string of the molecule is CC(C)NC(=O)N(C)C[C@@H]1OCCCC[C@H](C)Oc2ccc(NC(=O)CCC(F)(F)F)cc2C(=O)N([C@H](C)CO)C[C@H]1C. The summed E-state index contributed by atoms with van der Waals surface area (Å²) in [4.78, 5) is 41.9. The van der Waals surface area contributed by atoms with E-state index < -0.39 is 43.0 Å².